The first-order valence-corrected chi connectivity index (χ1v) is 7.95. The molecule has 0 bridgehead atoms. The molecule has 0 atom stereocenters. The summed E-state index contributed by atoms with van der Waals surface area (Å²) in [6.45, 7) is 0.923. The summed E-state index contributed by atoms with van der Waals surface area (Å²) in [4.78, 5) is 20.3. The summed E-state index contributed by atoms with van der Waals surface area (Å²) in [5, 5.41) is 16.1. The van der Waals surface area contributed by atoms with E-state index >= 15 is 0 Å². The number of aromatic nitrogens is 2. The lowest BCUT2D eigenvalue weighted by Crippen LogP contribution is -2.25. The van der Waals surface area contributed by atoms with Gasteiger partial charge in [-0.2, -0.15) is 5.26 Å². The number of hydrogen-bond donors (Lipinski definition) is 2. The monoisotopic (exact) mass is 331 g/mol. The molecule has 3 rings (SSSR count). The Hall–Kier alpha value is -3.46. The van der Waals surface area contributed by atoms with Gasteiger partial charge in [0, 0.05) is 37.3 Å². The molecule has 0 saturated heterocycles. The summed E-state index contributed by atoms with van der Waals surface area (Å²) >= 11 is 0. The number of para-hydroxylation sites is 1. The fourth-order valence-corrected chi connectivity index (χ4v) is 2.45. The number of hydrogen-bond acceptors (Lipinski definition) is 5. The van der Waals surface area contributed by atoms with Gasteiger partial charge in [-0.15, -0.1) is 0 Å². The van der Waals surface area contributed by atoms with Crippen LogP contribution in [0.2, 0.25) is 0 Å². The molecule has 2 aromatic heterocycles. The van der Waals surface area contributed by atoms with Crippen LogP contribution in [0.4, 0.5) is 5.82 Å². The molecule has 0 radical (unpaired) electrons. The Labute approximate surface area is 145 Å². The summed E-state index contributed by atoms with van der Waals surface area (Å²) in [5.74, 6) is 0.544. The van der Waals surface area contributed by atoms with Gasteiger partial charge in [-0.25, -0.2) is 4.98 Å². The highest BCUT2D eigenvalue weighted by Crippen LogP contribution is 2.19. The highest BCUT2D eigenvalue weighted by molar-refractivity contribution is 5.86. The Bertz CT molecular complexity index is 918. The van der Waals surface area contributed by atoms with Crippen LogP contribution in [-0.4, -0.2) is 22.4 Å². The Balaban J connectivity index is 1.54. The van der Waals surface area contributed by atoms with Gasteiger partial charge in [0.05, 0.1) is 17.1 Å². The molecule has 3 aromatic rings. The molecule has 124 valence electrons. The average Bonchev–Trinajstić information content (AvgIpc) is 2.66. The van der Waals surface area contributed by atoms with Crippen molar-refractivity contribution in [2.24, 2.45) is 0 Å². The fourth-order valence-electron chi connectivity index (χ4n) is 2.45. The number of carbonyl (C=O) groups excluding carboxylic acids is 1. The van der Waals surface area contributed by atoms with Crippen molar-refractivity contribution >= 4 is 22.6 Å². The van der Waals surface area contributed by atoms with Gasteiger partial charge in [-0.3, -0.25) is 9.78 Å². The lowest BCUT2D eigenvalue weighted by atomic mass is 10.1. The number of nitriles is 1. The standard InChI is InChI=1S/C19H17N5O/c20-12-15-11-18(24-17-4-2-1-3-16(15)17)22-10-7-19(25)23-13-14-5-8-21-9-6-14/h1-6,8-9,11H,7,10,13H2,(H,22,24)(H,23,25). The van der Waals surface area contributed by atoms with Crippen molar-refractivity contribution in [2.75, 3.05) is 11.9 Å². The second-order valence-electron chi connectivity index (χ2n) is 5.49. The maximum absolute atomic E-state index is 11.9. The summed E-state index contributed by atoms with van der Waals surface area (Å²) in [7, 11) is 0. The van der Waals surface area contributed by atoms with E-state index in [9.17, 15) is 10.1 Å². The van der Waals surface area contributed by atoms with E-state index in [1.54, 1.807) is 18.5 Å². The molecule has 0 unspecified atom stereocenters. The van der Waals surface area contributed by atoms with Gasteiger partial charge in [0.1, 0.15) is 5.82 Å². The van der Waals surface area contributed by atoms with Crippen LogP contribution in [0.1, 0.15) is 17.5 Å². The summed E-state index contributed by atoms with van der Waals surface area (Å²) < 4.78 is 0. The van der Waals surface area contributed by atoms with E-state index in [1.165, 1.54) is 0 Å². The topological polar surface area (TPSA) is 90.7 Å². The van der Waals surface area contributed by atoms with Gasteiger partial charge in [-0.05, 0) is 29.8 Å². The van der Waals surface area contributed by atoms with E-state index in [0.717, 1.165) is 16.5 Å². The number of benzene rings is 1. The van der Waals surface area contributed by atoms with E-state index in [0.29, 0.717) is 30.9 Å². The second-order valence-corrected chi connectivity index (χ2v) is 5.49. The molecule has 0 fully saturated rings. The molecule has 0 spiro atoms. The molecule has 2 heterocycles. The molecule has 0 saturated carbocycles. The van der Waals surface area contributed by atoms with Gasteiger partial charge in [-0.1, -0.05) is 18.2 Å². The number of pyridine rings is 2. The molecule has 1 amide bonds. The van der Waals surface area contributed by atoms with Crippen LogP contribution in [-0.2, 0) is 11.3 Å². The lowest BCUT2D eigenvalue weighted by Gasteiger charge is -2.09. The Morgan fingerprint density at radius 3 is 2.76 bits per heavy atom. The molecule has 1 aromatic carbocycles. The van der Waals surface area contributed by atoms with Crippen LogP contribution in [0, 0.1) is 11.3 Å². The number of rotatable bonds is 6. The maximum atomic E-state index is 11.9. The molecular weight excluding hydrogens is 314 g/mol. The van der Waals surface area contributed by atoms with E-state index < -0.39 is 0 Å². The van der Waals surface area contributed by atoms with Gasteiger partial charge >= 0.3 is 0 Å². The Kier molecular flexibility index (Phi) is 5.17. The number of anilines is 1. The fraction of sp³-hybridized carbons (Fsp3) is 0.158. The molecule has 0 aliphatic carbocycles. The minimum Gasteiger partial charge on any atom is -0.369 e. The first-order valence-electron chi connectivity index (χ1n) is 7.95. The average molecular weight is 331 g/mol. The Morgan fingerprint density at radius 2 is 1.96 bits per heavy atom. The van der Waals surface area contributed by atoms with E-state index in [2.05, 4.69) is 26.7 Å². The van der Waals surface area contributed by atoms with Gasteiger partial charge in [0.15, 0.2) is 0 Å². The summed E-state index contributed by atoms with van der Waals surface area (Å²) in [5.41, 5.74) is 2.33. The van der Waals surface area contributed by atoms with Crippen LogP contribution < -0.4 is 10.6 Å². The van der Waals surface area contributed by atoms with E-state index in [1.807, 2.05) is 36.4 Å². The second kappa shape index (κ2) is 7.88. The highest BCUT2D eigenvalue weighted by atomic mass is 16.1. The van der Waals surface area contributed by atoms with Gasteiger partial charge in [0.2, 0.25) is 5.91 Å². The largest absolute Gasteiger partial charge is 0.369 e. The molecule has 0 aliphatic rings. The van der Waals surface area contributed by atoms with E-state index in [-0.39, 0.29) is 5.91 Å². The number of nitrogens with one attached hydrogen (secondary N) is 2. The molecule has 0 aliphatic heterocycles. The van der Waals surface area contributed by atoms with Crippen LogP contribution in [0.15, 0.2) is 54.9 Å². The third kappa shape index (κ3) is 4.30. The van der Waals surface area contributed by atoms with Crippen molar-refractivity contribution in [3.63, 3.8) is 0 Å². The minimum absolute atomic E-state index is 0.0504. The van der Waals surface area contributed by atoms with Crippen LogP contribution in [0.25, 0.3) is 10.9 Å². The third-order valence-corrected chi connectivity index (χ3v) is 3.73. The van der Waals surface area contributed by atoms with Crippen molar-refractivity contribution in [3.05, 3.63) is 66.0 Å². The first kappa shape index (κ1) is 16.4. The highest BCUT2D eigenvalue weighted by Gasteiger charge is 2.06. The van der Waals surface area contributed by atoms with Gasteiger partial charge < -0.3 is 10.6 Å². The smallest absolute Gasteiger partial charge is 0.222 e. The van der Waals surface area contributed by atoms with Crippen molar-refractivity contribution in [2.45, 2.75) is 13.0 Å². The van der Waals surface area contributed by atoms with Crippen molar-refractivity contribution in [1.82, 2.24) is 15.3 Å². The predicted octanol–water partition coefficient (Wildman–Crippen LogP) is 2.62. The number of nitrogens with zero attached hydrogens (tertiary/aromatic N) is 3. The normalized spacial score (nSPS) is 10.2. The van der Waals surface area contributed by atoms with E-state index in [4.69, 9.17) is 0 Å². The zero-order valence-corrected chi connectivity index (χ0v) is 13.6. The van der Waals surface area contributed by atoms with Crippen molar-refractivity contribution < 1.29 is 4.79 Å². The quantitative estimate of drug-likeness (QED) is 0.724. The molecule has 25 heavy (non-hydrogen) atoms. The maximum Gasteiger partial charge on any atom is 0.222 e. The van der Waals surface area contributed by atoms with Crippen LogP contribution >= 0.6 is 0 Å². The van der Waals surface area contributed by atoms with Crippen LogP contribution in [0.5, 0.6) is 0 Å². The number of fused-ring (bicyclic) bond motifs is 1. The zero-order chi connectivity index (χ0) is 17.5. The van der Waals surface area contributed by atoms with Crippen molar-refractivity contribution in [1.29, 1.82) is 5.26 Å². The summed E-state index contributed by atoms with van der Waals surface area (Å²) in [6.07, 6.45) is 3.71. The predicted molar refractivity (Wildman–Crippen MR) is 95.6 cm³/mol. The van der Waals surface area contributed by atoms with Gasteiger partial charge in [0.25, 0.3) is 0 Å². The number of amides is 1. The van der Waals surface area contributed by atoms with Crippen LogP contribution in [0.3, 0.4) is 0 Å². The molecule has 6 nitrogen and oxygen atoms in total. The summed E-state index contributed by atoms with van der Waals surface area (Å²) in [6, 6.07) is 15.1. The van der Waals surface area contributed by atoms with Crippen molar-refractivity contribution in [3.8, 4) is 6.07 Å². The lowest BCUT2D eigenvalue weighted by molar-refractivity contribution is -0.121. The molecule has 6 heteroatoms. The SMILES string of the molecule is N#Cc1cc(NCCC(=O)NCc2ccncc2)nc2ccccc12. The Morgan fingerprint density at radius 1 is 1.16 bits per heavy atom. The third-order valence-electron chi connectivity index (χ3n) is 3.73. The minimum atomic E-state index is -0.0504. The zero-order valence-electron chi connectivity index (χ0n) is 13.6. The molecule has 2 N–H and O–H groups in total. The molecular formula is C19H17N5O. The number of carbonyl (C=O) groups is 1. The first-order chi connectivity index (χ1) is 12.3.